The Morgan fingerprint density at radius 3 is 2.69 bits per heavy atom. The van der Waals surface area contributed by atoms with E-state index in [0.29, 0.717) is 40.0 Å². The summed E-state index contributed by atoms with van der Waals surface area (Å²) < 4.78 is 22.5. The van der Waals surface area contributed by atoms with Crippen LogP contribution in [0.5, 0.6) is 11.5 Å². The third-order valence-electron chi connectivity index (χ3n) is 5.30. The summed E-state index contributed by atoms with van der Waals surface area (Å²) in [5, 5.41) is 4.53. The molecule has 7 heteroatoms. The molecule has 2 heterocycles. The molecule has 0 aliphatic carbocycles. The molecule has 1 fully saturated rings. The second-order valence-electron chi connectivity index (χ2n) is 7.03. The summed E-state index contributed by atoms with van der Waals surface area (Å²) in [4.78, 5) is 15.6. The Bertz CT molecular complexity index is 1060. The van der Waals surface area contributed by atoms with E-state index in [2.05, 4.69) is 10.2 Å². The van der Waals surface area contributed by atoms with Crippen LogP contribution < -0.4 is 20.2 Å². The average Bonchev–Trinajstić information content (AvgIpc) is 2.77. The summed E-state index contributed by atoms with van der Waals surface area (Å²) in [5.74, 6) is 0.978. The number of fused-ring (bicyclic) bond motifs is 2. The van der Waals surface area contributed by atoms with Crippen LogP contribution in [0.2, 0.25) is 0 Å². The lowest BCUT2D eigenvalue weighted by Gasteiger charge is -2.26. The van der Waals surface area contributed by atoms with Gasteiger partial charge < -0.3 is 23.9 Å². The maximum Gasteiger partial charge on any atom is 0.204 e. The topological polar surface area (TPSA) is 73.2 Å². The van der Waals surface area contributed by atoms with Gasteiger partial charge in [-0.25, -0.2) is 0 Å². The second kappa shape index (κ2) is 8.82. The summed E-state index contributed by atoms with van der Waals surface area (Å²) in [5.41, 5.74) is 1.72. The number of methoxy groups -OCH3 is 2. The van der Waals surface area contributed by atoms with Crippen molar-refractivity contribution in [1.82, 2.24) is 10.2 Å². The van der Waals surface area contributed by atoms with E-state index in [1.165, 1.54) is 0 Å². The van der Waals surface area contributed by atoms with E-state index >= 15 is 0 Å². The first-order valence-electron chi connectivity index (χ1n) is 9.83. The van der Waals surface area contributed by atoms with E-state index in [9.17, 15) is 4.79 Å². The van der Waals surface area contributed by atoms with Crippen molar-refractivity contribution in [3.05, 3.63) is 46.1 Å². The van der Waals surface area contributed by atoms with E-state index in [4.69, 9.17) is 18.6 Å². The van der Waals surface area contributed by atoms with Crippen LogP contribution in [0.15, 0.2) is 39.5 Å². The summed E-state index contributed by atoms with van der Waals surface area (Å²) in [6.45, 7) is 5.77. The van der Waals surface area contributed by atoms with Gasteiger partial charge in [-0.2, -0.15) is 0 Å². The zero-order chi connectivity index (χ0) is 20.2. The molecule has 1 aliphatic rings. The highest BCUT2D eigenvalue weighted by Gasteiger charge is 2.20. The van der Waals surface area contributed by atoms with Gasteiger partial charge >= 0.3 is 0 Å². The van der Waals surface area contributed by atoms with Gasteiger partial charge in [0.25, 0.3) is 0 Å². The smallest absolute Gasteiger partial charge is 0.204 e. The minimum Gasteiger partial charge on any atom is -0.493 e. The van der Waals surface area contributed by atoms with Crippen LogP contribution >= 0.6 is 0 Å². The number of hydrogen-bond acceptors (Lipinski definition) is 7. The Kier molecular flexibility index (Phi) is 5.99. The summed E-state index contributed by atoms with van der Waals surface area (Å²) in [6, 6.07) is 9.11. The van der Waals surface area contributed by atoms with Crippen molar-refractivity contribution in [2.45, 2.75) is 6.54 Å². The molecule has 3 aromatic rings. The molecule has 1 saturated heterocycles. The van der Waals surface area contributed by atoms with Crippen molar-refractivity contribution in [3.8, 4) is 11.5 Å². The van der Waals surface area contributed by atoms with Gasteiger partial charge in [0, 0.05) is 32.7 Å². The van der Waals surface area contributed by atoms with Crippen molar-refractivity contribution in [3.63, 3.8) is 0 Å². The van der Waals surface area contributed by atoms with E-state index < -0.39 is 0 Å². The Morgan fingerprint density at radius 2 is 1.93 bits per heavy atom. The molecule has 4 rings (SSSR count). The normalized spacial score (nSPS) is 15.1. The highest BCUT2D eigenvalue weighted by Crippen LogP contribution is 2.38. The third-order valence-corrected chi connectivity index (χ3v) is 5.30. The zero-order valence-electron chi connectivity index (χ0n) is 16.8. The molecule has 0 amide bonds. The number of ether oxygens (including phenoxy) is 3. The molecule has 0 spiro atoms. The van der Waals surface area contributed by atoms with Crippen LogP contribution in [-0.4, -0.2) is 58.5 Å². The first-order chi connectivity index (χ1) is 14.2. The molecule has 0 unspecified atom stereocenters. The van der Waals surface area contributed by atoms with E-state index in [0.717, 1.165) is 45.0 Å². The number of benzene rings is 2. The molecule has 0 bridgehead atoms. The molecule has 0 atom stereocenters. The minimum absolute atomic E-state index is 0.0622. The Morgan fingerprint density at radius 1 is 1.14 bits per heavy atom. The minimum atomic E-state index is -0.0622. The second-order valence-corrected chi connectivity index (χ2v) is 7.03. The van der Waals surface area contributed by atoms with Crippen molar-refractivity contribution in [2.24, 2.45) is 0 Å². The molecule has 7 nitrogen and oxygen atoms in total. The molecule has 0 radical (unpaired) electrons. The maximum atomic E-state index is 13.3. The number of para-hydroxylation sites is 1. The number of morpholine rings is 1. The lowest BCUT2D eigenvalue weighted by Crippen LogP contribution is -2.40. The van der Waals surface area contributed by atoms with Crippen molar-refractivity contribution >= 4 is 21.9 Å². The van der Waals surface area contributed by atoms with Crippen LogP contribution in [0, 0.1) is 0 Å². The van der Waals surface area contributed by atoms with Gasteiger partial charge in [-0.05, 0) is 23.8 Å². The lowest BCUT2D eigenvalue weighted by molar-refractivity contribution is 0.0384. The molecule has 1 N–H and O–H groups in total. The molecule has 1 aliphatic heterocycles. The van der Waals surface area contributed by atoms with Gasteiger partial charge in [0.1, 0.15) is 5.58 Å². The fourth-order valence-electron chi connectivity index (χ4n) is 3.77. The molecule has 1 aromatic heterocycles. The summed E-state index contributed by atoms with van der Waals surface area (Å²) in [7, 11) is 3.13. The third kappa shape index (κ3) is 3.94. The van der Waals surface area contributed by atoms with Crippen LogP contribution in [0.3, 0.4) is 0 Å². The molecule has 154 valence electrons. The molecule has 29 heavy (non-hydrogen) atoms. The quantitative estimate of drug-likeness (QED) is 0.484. The fourth-order valence-corrected chi connectivity index (χ4v) is 3.77. The Hall–Kier alpha value is -2.61. The highest BCUT2D eigenvalue weighted by molar-refractivity contribution is 5.95. The number of rotatable bonds is 7. The van der Waals surface area contributed by atoms with Crippen LogP contribution in [0.25, 0.3) is 21.9 Å². The van der Waals surface area contributed by atoms with Crippen LogP contribution in [-0.2, 0) is 11.3 Å². The molecule has 0 saturated carbocycles. The average molecular weight is 398 g/mol. The SMILES string of the molecule is COc1cc(CNCCN2CCOCC2)c2c(=O)c3ccccc3oc2c1OC. The number of nitrogens with one attached hydrogen (secondary N) is 1. The summed E-state index contributed by atoms with van der Waals surface area (Å²) in [6.07, 6.45) is 0. The maximum absolute atomic E-state index is 13.3. The van der Waals surface area contributed by atoms with Crippen molar-refractivity contribution in [2.75, 3.05) is 53.6 Å². The van der Waals surface area contributed by atoms with E-state index in [1.807, 2.05) is 18.2 Å². The fraction of sp³-hybridized carbons (Fsp3) is 0.409. The standard InChI is InChI=1S/C22H26N2O5/c1-26-18-13-15(14-23-7-8-24-9-11-28-12-10-24)19-20(25)16-5-3-4-6-17(16)29-22(19)21(18)27-2/h3-6,13,23H,7-12,14H2,1-2H3. The Labute approximate surface area is 169 Å². The monoisotopic (exact) mass is 398 g/mol. The highest BCUT2D eigenvalue weighted by atomic mass is 16.5. The largest absolute Gasteiger partial charge is 0.493 e. The van der Waals surface area contributed by atoms with Crippen LogP contribution in [0.1, 0.15) is 5.56 Å². The lowest BCUT2D eigenvalue weighted by atomic mass is 10.0. The van der Waals surface area contributed by atoms with E-state index in [-0.39, 0.29) is 5.43 Å². The molecular weight excluding hydrogens is 372 g/mol. The number of hydrogen-bond donors (Lipinski definition) is 1. The van der Waals surface area contributed by atoms with Crippen LogP contribution in [0.4, 0.5) is 0 Å². The van der Waals surface area contributed by atoms with Gasteiger partial charge in [-0.15, -0.1) is 0 Å². The van der Waals surface area contributed by atoms with Gasteiger partial charge in [0.15, 0.2) is 11.3 Å². The molecular formula is C22H26N2O5. The first kappa shape index (κ1) is 19.7. The predicted molar refractivity (Wildman–Crippen MR) is 112 cm³/mol. The van der Waals surface area contributed by atoms with Crippen molar-refractivity contribution < 1.29 is 18.6 Å². The zero-order valence-corrected chi connectivity index (χ0v) is 16.8. The predicted octanol–water partition coefficient (Wildman–Crippen LogP) is 2.39. The number of nitrogens with zero attached hydrogens (tertiary/aromatic N) is 1. The van der Waals surface area contributed by atoms with Gasteiger partial charge in [-0.3, -0.25) is 9.69 Å². The van der Waals surface area contributed by atoms with Gasteiger partial charge in [0.2, 0.25) is 11.2 Å². The first-order valence-corrected chi connectivity index (χ1v) is 9.83. The van der Waals surface area contributed by atoms with Gasteiger partial charge in [0.05, 0.1) is 38.2 Å². The molecule has 2 aromatic carbocycles. The van der Waals surface area contributed by atoms with Gasteiger partial charge in [-0.1, -0.05) is 12.1 Å². The van der Waals surface area contributed by atoms with E-state index in [1.54, 1.807) is 26.4 Å². The Balaban J connectivity index is 1.68. The summed E-state index contributed by atoms with van der Waals surface area (Å²) >= 11 is 0. The van der Waals surface area contributed by atoms with Crippen molar-refractivity contribution in [1.29, 1.82) is 0 Å².